The minimum atomic E-state index is -0.551. The number of nitrogens with zero attached hydrogens (tertiary/aromatic N) is 4. The average molecular weight is 375 g/mol. The molecule has 0 spiro atoms. The van der Waals surface area contributed by atoms with Gasteiger partial charge in [0.1, 0.15) is 17.4 Å². The minimum absolute atomic E-state index is 0.0521. The summed E-state index contributed by atoms with van der Waals surface area (Å²) in [7, 11) is 0. The van der Waals surface area contributed by atoms with Crippen molar-refractivity contribution in [3.8, 4) is 0 Å². The summed E-state index contributed by atoms with van der Waals surface area (Å²) >= 11 is 1.52. The van der Waals surface area contributed by atoms with Crippen molar-refractivity contribution in [2.24, 2.45) is 0 Å². The summed E-state index contributed by atoms with van der Waals surface area (Å²) in [5.41, 5.74) is -0.136. The number of fused-ring (bicyclic) bond motifs is 1. The van der Waals surface area contributed by atoms with Crippen LogP contribution in [0.25, 0.3) is 5.65 Å². The third-order valence-corrected chi connectivity index (χ3v) is 4.31. The highest BCUT2D eigenvalue weighted by Crippen LogP contribution is 2.29. The number of benzene rings is 1. The van der Waals surface area contributed by atoms with E-state index < -0.39 is 17.4 Å². The number of rotatable bonds is 4. The second-order valence-electron chi connectivity index (χ2n) is 6.62. The van der Waals surface area contributed by atoms with Crippen molar-refractivity contribution in [1.29, 1.82) is 0 Å². The summed E-state index contributed by atoms with van der Waals surface area (Å²) in [6.45, 7) is 5.80. The van der Waals surface area contributed by atoms with Crippen molar-refractivity contribution in [3.63, 3.8) is 0 Å². The van der Waals surface area contributed by atoms with Gasteiger partial charge < -0.3 is 5.32 Å². The Kier molecular flexibility index (Phi) is 4.82. The Balaban J connectivity index is 1.82. The third kappa shape index (κ3) is 4.10. The lowest BCUT2D eigenvalue weighted by Crippen LogP contribution is -2.29. The van der Waals surface area contributed by atoms with Gasteiger partial charge >= 0.3 is 5.69 Å². The second kappa shape index (κ2) is 6.91. The van der Waals surface area contributed by atoms with E-state index in [1.165, 1.54) is 30.0 Å². The quantitative estimate of drug-likeness (QED) is 0.709. The molecule has 0 aliphatic carbocycles. The summed E-state index contributed by atoms with van der Waals surface area (Å²) in [4.78, 5) is 24.5. The number of hydrogen-bond donors (Lipinski definition) is 1. The van der Waals surface area contributed by atoms with E-state index in [0.717, 1.165) is 9.20 Å². The van der Waals surface area contributed by atoms with Gasteiger partial charge in [-0.3, -0.25) is 4.79 Å². The Hall–Kier alpha value is -2.68. The molecule has 1 aromatic carbocycles. The fourth-order valence-electron chi connectivity index (χ4n) is 2.25. The Labute approximate surface area is 153 Å². The number of anilines is 1. The van der Waals surface area contributed by atoms with Crippen molar-refractivity contribution in [1.82, 2.24) is 19.4 Å². The van der Waals surface area contributed by atoms with Crippen molar-refractivity contribution in [2.75, 3.05) is 5.32 Å². The molecule has 0 bridgehead atoms. The molecule has 2 heterocycles. The van der Waals surface area contributed by atoms with E-state index >= 15 is 0 Å². The van der Waals surface area contributed by atoms with E-state index in [1.807, 2.05) is 20.8 Å². The van der Waals surface area contributed by atoms with Gasteiger partial charge in [-0.15, -0.1) is 5.10 Å². The molecule has 2 aromatic heterocycles. The van der Waals surface area contributed by atoms with Crippen LogP contribution in [0.4, 0.5) is 10.1 Å². The number of carbonyl (C=O) groups excluding carboxylic acids is 1. The number of carbonyl (C=O) groups is 1. The molecule has 0 saturated heterocycles. The molecule has 0 aliphatic heterocycles. The summed E-state index contributed by atoms with van der Waals surface area (Å²) in [5, 5.41) is 11.5. The number of amides is 1. The zero-order valence-electron chi connectivity index (χ0n) is 14.6. The second-order valence-corrected chi connectivity index (χ2v) is 8.47. The maximum absolute atomic E-state index is 13.6. The van der Waals surface area contributed by atoms with Crippen molar-refractivity contribution in [2.45, 2.75) is 37.1 Å². The molecule has 1 N–H and O–H groups in total. The highest BCUT2D eigenvalue weighted by molar-refractivity contribution is 8.00. The van der Waals surface area contributed by atoms with Crippen LogP contribution in [0.3, 0.4) is 0 Å². The number of aromatic nitrogens is 4. The standard InChI is InChI=1S/C17H18FN5O2S/c1-17(2,3)26-15-9-8-13-20-22(16(25)23(13)21-15)10-14(24)19-12-7-5-4-6-11(12)18/h4-9H,10H2,1-3H3,(H,19,24). The number of hydrogen-bond acceptors (Lipinski definition) is 5. The first-order valence-electron chi connectivity index (χ1n) is 7.93. The minimum Gasteiger partial charge on any atom is -0.322 e. The van der Waals surface area contributed by atoms with Gasteiger partial charge in [0.15, 0.2) is 5.65 Å². The molecule has 26 heavy (non-hydrogen) atoms. The predicted octanol–water partition coefficient (Wildman–Crippen LogP) is 2.56. The highest BCUT2D eigenvalue weighted by atomic mass is 32.2. The molecule has 3 rings (SSSR count). The largest absolute Gasteiger partial charge is 0.367 e. The lowest BCUT2D eigenvalue weighted by atomic mass is 10.3. The molecule has 9 heteroatoms. The van der Waals surface area contributed by atoms with E-state index in [9.17, 15) is 14.0 Å². The summed E-state index contributed by atoms with van der Waals surface area (Å²) in [6, 6.07) is 9.27. The maximum Gasteiger partial charge on any atom is 0.367 e. The normalized spacial score (nSPS) is 11.7. The van der Waals surface area contributed by atoms with Gasteiger partial charge in [0.25, 0.3) is 0 Å². The van der Waals surface area contributed by atoms with E-state index in [2.05, 4.69) is 15.5 Å². The van der Waals surface area contributed by atoms with Crippen LogP contribution in [0.5, 0.6) is 0 Å². The maximum atomic E-state index is 13.6. The van der Waals surface area contributed by atoms with E-state index in [-0.39, 0.29) is 17.0 Å². The monoisotopic (exact) mass is 375 g/mol. The van der Waals surface area contributed by atoms with E-state index in [1.54, 1.807) is 18.2 Å². The summed E-state index contributed by atoms with van der Waals surface area (Å²) < 4.78 is 15.7. The van der Waals surface area contributed by atoms with Crippen LogP contribution in [0.15, 0.2) is 46.2 Å². The van der Waals surface area contributed by atoms with Crippen molar-refractivity contribution in [3.05, 3.63) is 52.7 Å². The van der Waals surface area contributed by atoms with Gasteiger partial charge in [-0.1, -0.05) is 44.7 Å². The lowest BCUT2D eigenvalue weighted by Gasteiger charge is -2.16. The van der Waals surface area contributed by atoms with Crippen LogP contribution in [-0.4, -0.2) is 30.0 Å². The van der Waals surface area contributed by atoms with Gasteiger partial charge in [-0.05, 0) is 24.3 Å². The number of thioether (sulfide) groups is 1. The molecule has 1 amide bonds. The van der Waals surface area contributed by atoms with Crippen molar-refractivity contribution < 1.29 is 9.18 Å². The fraction of sp³-hybridized carbons (Fsp3) is 0.294. The Morgan fingerprint density at radius 3 is 2.62 bits per heavy atom. The molecule has 7 nitrogen and oxygen atoms in total. The van der Waals surface area contributed by atoms with Crippen LogP contribution in [0, 0.1) is 5.82 Å². The van der Waals surface area contributed by atoms with Gasteiger partial charge in [-0.25, -0.2) is 13.9 Å². The van der Waals surface area contributed by atoms with Crippen LogP contribution >= 0.6 is 11.8 Å². The first-order valence-corrected chi connectivity index (χ1v) is 8.75. The number of halogens is 1. The first-order chi connectivity index (χ1) is 12.2. The third-order valence-electron chi connectivity index (χ3n) is 3.27. The van der Waals surface area contributed by atoms with E-state index in [0.29, 0.717) is 10.7 Å². The molecular formula is C17H18FN5O2S. The zero-order valence-corrected chi connectivity index (χ0v) is 15.4. The molecule has 0 fully saturated rings. The molecule has 0 radical (unpaired) electrons. The molecule has 3 aromatic rings. The Morgan fingerprint density at radius 2 is 1.92 bits per heavy atom. The summed E-state index contributed by atoms with van der Waals surface area (Å²) in [6.07, 6.45) is 0. The molecular weight excluding hydrogens is 357 g/mol. The fourth-order valence-corrected chi connectivity index (χ4v) is 3.14. The zero-order chi connectivity index (χ0) is 18.9. The summed E-state index contributed by atoms with van der Waals surface area (Å²) in [5.74, 6) is -1.10. The Bertz CT molecular complexity index is 1020. The molecule has 136 valence electrons. The first kappa shape index (κ1) is 18.1. The number of para-hydroxylation sites is 1. The van der Waals surface area contributed by atoms with Gasteiger partial charge in [0, 0.05) is 4.75 Å². The smallest absolute Gasteiger partial charge is 0.322 e. The van der Waals surface area contributed by atoms with Gasteiger partial charge in [-0.2, -0.15) is 9.61 Å². The Morgan fingerprint density at radius 1 is 1.19 bits per heavy atom. The van der Waals surface area contributed by atoms with Gasteiger partial charge in [0.2, 0.25) is 5.91 Å². The molecule has 0 unspecified atom stereocenters. The van der Waals surface area contributed by atoms with Crippen LogP contribution < -0.4 is 11.0 Å². The van der Waals surface area contributed by atoms with Crippen LogP contribution in [0.2, 0.25) is 0 Å². The number of nitrogens with one attached hydrogen (secondary N) is 1. The predicted molar refractivity (Wildman–Crippen MR) is 97.9 cm³/mol. The van der Waals surface area contributed by atoms with E-state index in [4.69, 9.17) is 0 Å². The topological polar surface area (TPSA) is 81.3 Å². The highest BCUT2D eigenvalue weighted by Gasteiger charge is 2.16. The average Bonchev–Trinajstić information content (AvgIpc) is 2.84. The molecule has 0 saturated carbocycles. The lowest BCUT2D eigenvalue weighted by molar-refractivity contribution is -0.117. The van der Waals surface area contributed by atoms with Crippen LogP contribution in [-0.2, 0) is 11.3 Å². The SMILES string of the molecule is CC(C)(C)Sc1ccc2nn(CC(=O)Nc3ccccc3F)c(=O)n2n1. The van der Waals surface area contributed by atoms with Gasteiger partial charge in [0.05, 0.1) is 5.69 Å². The van der Waals surface area contributed by atoms with Crippen LogP contribution in [0.1, 0.15) is 20.8 Å². The molecule has 0 aliphatic rings. The van der Waals surface area contributed by atoms with Crippen molar-refractivity contribution >= 4 is 29.0 Å². The molecule has 0 atom stereocenters.